The topological polar surface area (TPSA) is 95.2 Å². The molecule has 4 nitrogen and oxygen atoms in total. The van der Waals surface area contributed by atoms with E-state index in [0.717, 1.165) is 66.8 Å². The van der Waals surface area contributed by atoms with Crippen molar-refractivity contribution in [2.45, 2.75) is 55.0 Å². The van der Waals surface area contributed by atoms with Crippen LogP contribution in [-0.2, 0) is 0 Å². The monoisotopic (exact) mass is 1210 g/mol. The molecule has 0 aromatic heterocycles. The Morgan fingerprint density at radius 1 is 0.326 bits per heavy atom. The minimum absolute atomic E-state index is 0.00848. The molecule has 12 heteroatoms. The number of halogens is 6. The first-order valence-corrected chi connectivity index (χ1v) is 30.1. The summed E-state index contributed by atoms with van der Waals surface area (Å²) in [5.41, 5.74) is 10.6. The second-order valence-corrected chi connectivity index (χ2v) is 25.2. The molecule has 8 aromatic rings. The standard InChI is InChI=1S/C77H50F6N4S2/c1-47(61(43-84)44-85)49-25-33-57(34-26-49)67(53-17-9-5-10-18-53)69(55-21-13-7-14-22-55)59-37-29-51(30-38-59)65-41-63-71-72(76(80,81)77(82,83)75(71,78)79)64-42-66(89-74(64,4)73(63,3)88-65)52-31-39-60(40-32-52)70(56-23-15-8-16-24-56)68(54-19-11-6-12-20-54)58-35-27-50(28-36-58)48(2)62(45-86)46-87/h5-42H,1-4H3/b69-67+,70-68+. The van der Waals surface area contributed by atoms with Gasteiger partial charge in [-0.3, -0.25) is 0 Å². The third-order valence-corrected chi connectivity index (χ3v) is 20.7. The Hall–Kier alpha value is -10.1. The van der Waals surface area contributed by atoms with Gasteiger partial charge in [0.05, 0.1) is 9.49 Å². The first-order chi connectivity index (χ1) is 42.8. The van der Waals surface area contributed by atoms with Crippen LogP contribution in [0.2, 0.25) is 0 Å². The summed E-state index contributed by atoms with van der Waals surface area (Å²) in [6.45, 7) is 6.84. The third kappa shape index (κ3) is 9.72. The maximum atomic E-state index is 16.7. The zero-order chi connectivity index (χ0) is 62.6. The van der Waals surface area contributed by atoms with Crippen molar-refractivity contribution in [2.24, 2.45) is 0 Å². The van der Waals surface area contributed by atoms with Gasteiger partial charge in [0.15, 0.2) is 0 Å². The number of nitrogens with zero attached hydrogens (tertiary/aromatic N) is 4. The quantitative estimate of drug-likeness (QED) is 0.0687. The number of thioether (sulfide) groups is 2. The Bertz CT molecular complexity index is 4320. The highest BCUT2D eigenvalue weighted by atomic mass is 32.2. The molecule has 4 aliphatic rings. The predicted octanol–water partition coefficient (Wildman–Crippen LogP) is 20.3. The first kappa shape index (κ1) is 59.3. The summed E-state index contributed by atoms with van der Waals surface area (Å²) in [6.07, 6.45) is 2.81. The molecular formula is C77H50F6N4S2. The van der Waals surface area contributed by atoms with Crippen LogP contribution in [0, 0.1) is 45.3 Å². The molecular weight excluding hydrogens is 1160 g/mol. The lowest BCUT2D eigenvalue weighted by molar-refractivity contribution is -0.258. The minimum atomic E-state index is -5.74. The van der Waals surface area contributed by atoms with Crippen LogP contribution >= 0.6 is 23.5 Å². The van der Waals surface area contributed by atoms with Crippen LogP contribution in [0.3, 0.4) is 0 Å². The normalized spacial score (nSPS) is 19.5. The molecule has 0 amide bonds. The average Bonchev–Trinajstić information content (AvgIpc) is 1.49. The summed E-state index contributed by atoms with van der Waals surface area (Å²) >= 11 is 2.40. The number of allylic oxidation sites excluding steroid dienone is 8. The fourth-order valence-corrected chi connectivity index (χ4v) is 15.6. The smallest absolute Gasteiger partial charge is 0.194 e. The second-order valence-electron chi connectivity index (χ2n) is 22.3. The van der Waals surface area contributed by atoms with Crippen LogP contribution in [0.1, 0.15) is 94.5 Å². The van der Waals surface area contributed by atoms with Gasteiger partial charge in [-0.25, -0.2) is 0 Å². The number of hydrogen-bond donors (Lipinski definition) is 0. The number of hydrogen-bond acceptors (Lipinski definition) is 6. The van der Waals surface area contributed by atoms with Gasteiger partial charge >= 0.3 is 17.8 Å². The number of fused-ring (bicyclic) bond motifs is 4. The van der Waals surface area contributed by atoms with E-state index >= 15 is 26.3 Å². The molecule has 2 atom stereocenters. The van der Waals surface area contributed by atoms with Gasteiger partial charge in [-0.2, -0.15) is 47.4 Å². The van der Waals surface area contributed by atoms with E-state index < -0.39 is 38.4 Å². The van der Waals surface area contributed by atoms with Crippen LogP contribution in [-0.4, -0.2) is 27.3 Å². The summed E-state index contributed by atoms with van der Waals surface area (Å²) in [7, 11) is 0. The molecule has 12 rings (SSSR count). The molecule has 2 heterocycles. The fourth-order valence-electron chi connectivity index (χ4n) is 12.5. The molecule has 0 spiro atoms. The maximum absolute atomic E-state index is 16.7. The Kier molecular flexibility index (Phi) is 15.2. The molecule has 0 saturated heterocycles. The van der Waals surface area contributed by atoms with E-state index in [1.165, 1.54) is 35.7 Å². The van der Waals surface area contributed by atoms with E-state index in [-0.39, 0.29) is 22.3 Å². The van der Waals surface area contributed by atoms with Gasteiger partial charge in [0.1, 0.15) is 35.4 Å². The Labute approximate surface area is 521 Å². The lowest BCUT2D eigenvalue weighted by Gasteiger charge is -2.47. The van der Waals surface area contributed by atoms with Crippen molar-refractivity contribution in [3.8, 4) is 24.3 Å². The van der Waals surface area contributed by atoms with Crippen molar-refractivity contribution < 1.29 is 26.3 Å². The van der Waals surface area contributed by atoms with E-state index in [1.807, 2.05) is 243 Å². The van der Waals surface area contributed by atoms with Crippen LogP contribution in [0.5, 0.6) is 0 Å². The van der Waals surface area contributed by atoms with Crippen LogP contribution < -0.4 is 0 Å². The fraction of sp³-hybridized carbons (Fsp3) is 0.117. The molecule has 2 aliphatic carbocycles. The minimum Gasteiger partial charge on any atom is -0.194 e. The lowest BCUT2D eigenvalue weighted by Crippen LogP contribution is -2.48. The third-order valence-electron chi connectivity index (χ3n) is 17.4. The van der Waals surface area contributed by atoms with Gasteiger partial charge in [-0.15, -0.1) is 23.5 Å². The van der Waals surface area contributed by atoms with Crippen LogP contribution in [0.4, 0.5) is 26.3 Å². The van der Waals surface area contributed by atoms with E-state index in [2.05, 4.69) is 0 Å². The molecule has 89 heavy (non-hydrogen) atoms. The summed E-state index contributed by atoms with van der Waals surface area (Å²) in [5.74, 6) is -16.2. The SMILES string of the molecule is CC(=C(C#N)C#N)c1ccc(/C(=C(\c2ccccc2)c2ccc(C3=CC4=C5C(=C6C=C(c7ccc(/C(=C(\c8ccccc8)c8ccc(C(C)=C(C#N)C#N)cc8)c8ccccc8)cc7)SC6(C)C4(C)S3)C(F)(F)C(F)(F)C5(F)F)cc2)c2ccccc2)cc1. The van der Waals surface area contributed by atoms with Gasteiger partial charge < -0.3 is 0 Å². The highest BCUT2D eigenvalue weighted by Gasteiger charge is 2.84. The first-order valence-electron chi connectivity index (χ1n) is 28.4. The summed E-state index contributed by atoms with van der Waals surface area (Å²) < 4.78 is 96.1. The zero-order valence-corrected chi connectivity index (χ0v) is 49.9. The van der Waals surface area contributed by atoms with Crippen molar-refractivity contribution in [2.75, 3.05) is 0 Å². The average molecular weight is 1210 g/mol. The highest BCUT2D eigenvalue weighted by Crippen LogP contribution is 2.75. The predicted molar refractivity (Wildman–Crippen MR) is 346 cm³/mol. The number of alkyl halides is 6. The maximum Gasteiger partial charge on any atom is 0.380 e. The van der Waals surface area contributed by atoms with Crippen molar-refractivity contribution in [1.82, 2.24) is 0 Å². The van der Waals surface area contributed by atoms with E-state index in [4.69, 9.17) is 0 Å². The molecule has 2 aliphatic heterocycles. The number of rotatable bonds is 12. The number of nitriles is 4. The zero-order valence-electron chi connectivity index (χ0n) is 48.3. The van der Waals surface area contributed by atoms with Crippen LogP contribution in [0.15, 0.2) is 264 Å². The van der Waals surface area contributed by atoms with E-state index in [0.29, 0.717) is 43.2 Å². The largest absolute Gasteiger partial charge is 0.380 e. The number of benzene rings is 8. The van der Waals surface area contributed by atoms with Crippen molar-refractivity contribution >= 4 is 66.8 Å². The van der Waals surface area contributed by atoms with Gasteiger partial charge in [0.2, 0.25) is 0 Å². The van der Waals surface area contributed by atoms with Crippen LogP contribution in [0.25, 0.3) is 43.2 Å². The Morgan fingerprint density at radius 2 is 0.551 bits per heavy atom. The summed E-state index contributed by atoms with van der Waals surface area (Å²) in [5, 5.41) is 38.4. The molecule has 1 saturated carbocycles. The summed E-state index contributed by atoms with van der Waals surface area (Å²) in [4.78, 5) is 0.894. The Morgan fingerprint density at radius 3 is 0.798 bits per heavy atom. The molecule has 0 N–H and O–H groups in total. The van der Waals surface area contributed by atoms with Gasteiger partial charge in [-0.05, 0) is 151 Å². The molecule has 0 radical (unpaired) electrons. The Balaban J connectivity index is 0.949. The second kappa shape index (κ2) is 22.9. The van der Waals surface area contributed by atoms with Gasteiger partial charge in [0, 0.05) is 21.0 Å². The van der Waals surface area contributed by atoms with Crippen molar-refractivity contribution in [3.63, 3.8) is 0 Å². The molecule has 8 aromatic carbocycles. The van der Waals surface area contributed by atoms with Gasteiger partial charge in [0.25, 0.3) is 0 Å². The lowest BCUT2D eigenvalue weighted by atomic mass is 9.71. The molecule has 0 bridgehead atoms. The van der Waals surface area contributed by atoms with Gasteiger partial charge in [-0.1, -0.05) is 218 Å². The highest BCUT2D eigenvalue weighted by molar-refractivity contribution is 8.14. The van der Waals surface area contributed by atoms with E-state index in [1.54, 1.807) is 27.7 Å². The molecule has 432 valence electrons. The van der Waals surface area contributed by atoms with Crippen molar-refractivity contribution in [3.05, 3.63) is 331 Å². The summed E-state index contributed by atoms with van der Waals surface area (Å²) in [6, 6.07) is 77.3. The molecule has 2 unspecified atom stereocenters. The van der Waals surface area contributed by atoms with Crippen molar-refractivity contribution in [1.29, 1.82) is 21.0 Å². The molecule has 1 fully saturated rings. The van der Waals surface area contributed by atoms with E-state index in [9.17, 15) is 21.0 Å².